The number of benzene rings is 1. The molecule has 1 heterocycles. The van der Waals surface area contributed by atoms with E-state index in [0.717, 1.165) is 5.56 Å². The van der Waals surface area contributed by atoms with Crippen molar-refractivity contribution in [2.24, 2.45) is 5.92 Å². The zero-order valence-corrected chi connectivity index (χ0v) is 15.5. The number of methoxy groups -OCH3 is 1. The van der Waals surface area contributed by atoms with Crippen LogP contribution >= 0.6 is 0 Å². The standard InChI is InChI=1S/C17H26N2O4S/c1-12(2)13-7-8-15(23-4)16(10-13)24(21,22)19-9-5-6-14(11-19)17(20)18-3/h7-8,10,12,14H,5-6,9,11H2,1-4H3,(H,18,20)/t14-/m1/s1. The number of hydrogen-bond acceptors (Lipinski definition) is 4. The first-order chi connectivity index (χ1) is 11.3. The Morgan fingerprint density at radius 3 is 2.67 bits per heavy atom. The van der Waals surface area contributed by atoms with Crippen molar-refractivity contribution >= 4 is 15.9 Å². The Balaban J connectivity index is 2.39. The van der Waals surface area contributed by atoms with E-state index in [2.05, 4.69) is 5.32 Å². The molecule has 1 aromatic carbocycles. The molecule has 0 spiro atoms. The molecule has 1 aliphatic rings. The van der Waals surface area contributed by atoms with E-state index in [4.69, 9.17) is 4.74 Å². The second-order valence-corrected chi connectivity index (χ2v) is 8.29. The van der Waals surface area contributed by atoms with Gasteiger partial charge in [-0.25, -0.2) is 8.42 Å². The molecule has 1 atom stereocenters. The Bertz CT molecular complexity index is 701. The minimum Gasteiger partial charge on any atom is -0.495 e. The first-order valence-electron chi connectivity index (χ1n) is 8.21. The summed E-state index contributed by atoms with van der Waals surface area (Å²) in [5.41, 5.74) is 0.939. The zero-order valence-electron chi connectivity index (χ0n) is 14.7. The van der Waals surface area contributed by atoms with Gasteiger partial charge in [0, 0.05) is 20.1 Å². The fourth-order valence-electron chi connectivity index (χ4n) is 2.97. The molecule has 2 rings (SSSR count). The predicted octanol–water partition coefficient (Wildman–Crippen LogP) is 1.97. The summed E-state index contributed by atoms with van der Waals surface area (Å²) in [6, 6.07) is 5.26. The maximum absolute atomic E-state index is 13.1. The lowest BCUT2D eigenvalue weighted by Crippen LogP contribution is -2.44. The number of nitrogens with zero attached hydrogens (tertiary/aromatic N) is 1. The molecule has 7 heteroatoms. The summed E-state index contributed by atoms with van der Waals surface area (Å²) in [4.78, 5) is 12.1. The van der Waals surface area contributed by atoms with Gasteiger partial charge in [-0.3, -0.25) is 4.79 Å². The third kappa shape index (κ3) is 3.72. The lowest BCUT2D eigenvalue weighted by Gasteiger charge is -2.31. The van der Waals surface area contributed by atoms with Crippen LogP contribution in [0.1, 0.15) is 38.2 Å². The number of amides is 1. The Labute approximate surface area is 144 Å². The number of piperidine rings is 1. The topological polar surface area (TPSA) is 75.7 Å². The summed E-state index contributed by atoms with van der Waals surface area (Å²) >= 11 is 0. The molecule has 1 saturated heterocycles. The van der Waals surface area contributed by atoms with Crippen LogP contribution in [-0.4, -0.2) is 45.9 Å². The molecule has 134 valence electrons. The summed E-state index contributed by atoms with van der Waals surface area (Å²) in [6.07, 6.45) is 1.37. The van der Waals surface area contributed by atoms with E-state index in [1.807, 2.05) is 19.9 Å². The normalized spacial score (nSPS) is 19.3. The van der Waals surface area contributed by atoms with Gasteiger partial charge in [-0.15, -0.1) is 0 Å². The first kappa shape index (κ1) is 18.7. The van der Waals surface area contributed by atoms with Gasteiger partial charge in [-0.1, -0.05) is 19.9 Å². The molecular formula is C17H26N2O4S. The van der Waals surface area contributed by atoms with Crippen LogP contribution in [-0.2, 0) is 14.8 Å². The van der Waals surface area contributed by atoms with Gasteiger partial charge in [-0.05, 0) is 36.5 Å². The summed E-state index contributed by atoms with van der Waals surface area (Å²) in [6.45, 7) is 4.66. The fourth-order valence-corrected chi connectivity index (χ4v) is 4.69. The second-order valence-electron chi connectivity index (χ2n) is 6.38. The molecule has 0 saturated carbocycles. The van der Waals surface area contributed by atoms with Crippen LogP contribution in [0.5, 0.6) is 5.75 Å². The number of rotatable bonds is 5. The Morgan fingerprint density at radius 1 is 1.38 bits per heavy atom. The molecular weight excluding hydrogens is 328 g/mol. The van der Waals surface area contributed by atoms with Crippen LogP contribution in [0.15, 0.2) is 23.1 Å². The quantitative estimate of drug-likeness (QED) is 0.877. The van der Waals surface area contributed by atoms with Crippen molar-refractivity contribution in [1.29, 1.82) is 0 Å². The van der Waals surface area contributed by atoms with Crippen LogP contribution in [0.2, 0.25) is 0 Å². The Kier molecular flexibility index (Phi) is 5.87. The Morgan fingerprint density at radius 2 is 2.08 bits per heavy atom. The smallest absolute Gasteiger partial charge is 0.246 e. The highest BCUT2D eigenvalue weighted by Crippen LogP contribution is 2.32. The average Bonchev–Trinajstić information content (AvgIpc) is 2.60. The lowest BCUT2D eigenvalue weighted by atomic mass is 9.99. The average molecular weight is 354 g/mol. The van der Waals surface area contributed by atoms with Crippen molar-refractivity contribution in [3.8, 4) is 5.75 Å². The third-order valence-electron chi connectivity index (χ3n) is 4.47. The SMILES string of the molecule is CNC(=O)[C@@H]1CCCN(S(=O)(=O)c2cc(C(C)C)ccc2OC)C1. The summed E-state index contributed by atoms with van der Waals surface area (Å²) in [5.74, 6) is 0.127. The van der Waals surface area contributed by atoms with E-state index < -0.39 is 10.0 Å². The largest absolute Gasteiger partial charge is 0.495 e. The van der Waals surface area contributed by atoms with Crippen LogP contribution in [0.4, 0.5) is 0 Å². The number of ether oxygens (including phenoxy) is 1. The summed E-state index contributed by atoms with van der Waals surface area (Å²) in [5, 5.41) is 2.61. The van der Waals surface area contributed by atoms with E-state index in [1.54, 1.807) is 19.2 Å². The molecule has 0 aromatic heterocycles. The molecule has 24 heavy (non-hydrogen) atoms. The molecule has 0 bridgehead atoms. The van der Waals surface area contributed by atoms with E-state index in [-0.39, 0.29) is 29.2 Å². The summed E-state index contributed by atoms with van der Waals surface area (Å²) < 4.78 is 32.9. The molecule has 0 unspecified atom stereocenters. The van der Waals surface area contributed by atoms with Crippen molar-refractivity contribution < 1.29 is 17.9 Å². The van der Waals surface area contributed by atoms with Crippen molar-refractivity contribution in [2.45, 2.75) is 37.5 Å². The van der Waals surface area contributed by atoms with E-state index >= 15 is 0 Å². The van der Waals surface area contributed by atoms with Gasteiger partial charge in [0.25, 0.3) is 0 Å². The van der Waals surface area contributed by atoms with Gasteiger partial charge in [0.1, 0.15) is 10.6 Å². The number of carbonyl (C=O) groups is 1. The van der Waals surface area contributed by atoms with Gasteiger partial charge >= 0.3 is 0 Å². The molecule has 1 amide bonds. The van der Waals surface area contributed by atoms with Gasteiger partial charge in [0.05, 0.1) is 13.0 Å². The first-order valence-corrected chi connectivity index (χ1v) is 9.65. The lowest BCUT2D eigenvalue weighted by molar-refractivity contribution is -0.125. The van der Waals surface area contributed by atoms with E-state index in [1.165, 1.54) is 11.4 Å². The fraction of sp³-hybridized carbons (Fsp3) is 0.588. The van der Waals surface area contributed by atoms with Crippen molar-refractivity contribution in [3.05, 3.63) is 23.8 Å². The molecule has 1 fully saturated rings. The molecule has 1 N–H and O–H groups in total. The Hall–Kier alpha value is -1.60. The van der Waals surface area contributed by atoms with Gasteiger partial charge < -0.3 is 10.1 Å². The van der Waals surface area contributed by atoms with E-state index in [0.29, 0.717) is 25.1 Å². The molecule has 6 nitrogen and oxygen atoms in total. The van der Waals surface area contributed by atoms with Crippen LogP contribution in [0.25, 0.3) is 0 Å². The third-order valence-corrected chi connectivity index (χ3v) is 6.36. The number of nitrogens with one attached hydrogen (secondary N) is 1. The van der Waals surface area contributed by atoms with Gasteiger partial charge in [0.15, 0.2) is 0 Å². The molecule has 1 aliphatic heterocycles. The van der Waals surface area contributed by atoms with E-state index in [9.17, 15) is 13.2 Å². The minimum atomic E-state index is -3.71. The molecule has 1 aromatic rings. The van der Waals surface area contributed by atoms with Crippen LogP contribution in [0, 0.1) is 5.92 Å². The highest BCUT2D eigenvalue weighted by molar-refractivity contribution is 7.89. The number of sulfonamides is 1. The zero-order chi connectivity index (χ0) is 17.9. The van der Waals surface area contributed by atoms with Crippen LogP contribution in [0.3, 0.4) is 0 Å². The maximum atomic E-state index is 13.1. The van der Waals surface area contributed by atoms with Gasteiger partial charge in [0.2, 0.25) is 15.9 Å². The summed E-state index contributed by atoms with van der Waals surface area (Å²) in [7, 11) is -0.668. The molecule has 0 radical (unpaired) electrons. The second kappa shape index (κ2) is 7.53. The highest BCUT2D eigenvalue weighted by atomic mass is 32.2. The maximum Gasteiger partial charge on any atom is 0.246 e. The predicted molar refractivity (Wildman–Crippen MR) is 92.6 cm³/mol. The number of hydrogen-bond donors (Lipinski definition) is 1. The van der Waals surface area contributed by atoms with Crippen LogP contribution < -0.4 is 10.1 Å². The van der Waals surface area contributed by atoms with Crippen molar-refractivity contribution in [3.63, 3.8) is 0 Å². The number of carbonyl (C=O) groups excluding carboxylic acids is 1. The van der Waals surface area contributed by atoms with Crippen molar-refractivity contribution in [2.75, 3.05) is 27.2 Å². The van der Waals surface area contributed by atoms with Gasteiger partial charge in [-0.2, -0.15) is 4.31 Å². The monoisotopic (exact) mass is 354 g/mol. The highest BCUT2D eigenvalue weighted by Gasteiger charge is 2.34. The minimum absolute atomic E-state index is 0.113. The van der Waals surface area contributed by atoms with Crippen molar-refractivity contribution in [1.82, 2.24) is 9.62 Å². The molecule has 0 aliphatic carbocycles.